The Balaban J connectivity index is 1.80. The zero-order chi connectivity index (χ0) is 14.8. The maximum Gasteiger partial charge on any atom is 0.270 e. The molecule has 21 heavy (non-hydrogen) atoms. The van der Waals surface area contributed by atoms with Gasteiger partial charge in [-0.25, -0.2) is 0 Å². The minimum atomic E-state index is -0.214. The first-order valence-electron chi connectivity index (χ1n) is 7.04. The SMILES string of the molecule is CN1CCC(NC(=O)c2nccc3ccccc23)CC1=O. The summed E-state index contributed by atoms with van der Waals surface area (Å²) in [4.78, 5) is 30.0. The van der Waals surface area contributed by atoms with Crippen LogP contribution in [0, 0.1) is 0 Å². The lowest BCUT2D eigenvalue weighted by Crippen LogP contribution is -2.46. The molecule has 0 spiro atoms. The van der Waals surface area contributed by atoms with Crippen LogP contribution >= 0.6 is 0 Å². The van der Waals surface area contributed by atoms with E-state index in [1.807, 2.05) is 30.3 Å². The maximum absolute atomic E-state index is 12.4. The number of carbonyl (C=O) groups excluding carboxylic acids is 2. The number of hydrogen-bond acceptors (Lipinski definition) is 3. The Morgan fingerprint density at radius 2 is 2.14 bits per heavy atom. The van der Waals surface area contributed by atoms with Gasteiger partial charge < -0.3 is 10.2 Å². The van der Waals surface area contributed by atoms with Crippen molar-refractivity contribution < 1.29 is 9.59 Å². The van der Waals surface area contributed by atoms with Gasteiger partial charge in [0.25, 0.3) is 5.91 Å². The molecule has 1 saturated heterocycles. The zero-order valence-corrected chi connectivity index (χ0v) is 11.9. The van der Waals surface area contributed by atoms with Gasteiger partial charge in [-0.2, -0.15) is 0 Å². The van der Waals surface area contributed by atoms with Crippen molar-refractivity contribution in [3.63, 3.8) is 0 Å². The first kappa shape index (κ1) is 13.5. The van der Waals surface area contributed by atoms with Crippen LogP contribution in [0.4, 0.5) is 0 Å². The average Bonchev–Trinajstić information content (AvgIpc) is 2.50. The lowest BCUT2D eigenvalue weighted by atomic mass is 10.0. The summed E-state index contributed by atoms with van der Waals surface area (Å²) in [7, 11) is 1.78. The molecule has 3 rings (SSSR count). The molecule has 0 aliphatic carbocycles. The van der Waals surface area contributed by atoms with Crippen LogP contribution in [0.1, 0.15) is 23.3 Å². The number of nitrogens with one attached hydrogen (secondary N) is 1. The molecule has 1 aromatic heterocycles. The van der Waals surface area contributed by atoms with Crippen LogP contribution in [0.15, 0.2) is 36.5 Å². The van der Waals surface area contributed by atoms with E-state index in [0.29, 0.717) is 18.7 Å². The van der Waals surface area contributed by atoms with Crippen LogP contribution in [0.2, 0.25) is 0 Å². The summed E-state index contributed by atoms with van der Waals surface area (Å²) in [5.41, 5.74) is 0.416. The van der Waals surface area contributed by atoms with Crippen molar-refractivity contribution in [1.29, 1.82) is 0 Å². The Hall–Kier alpha value is -2.43. The molecule has 1 aliphatic rings. The van der Waals surface area contributed by atoms with Gasteiger partial charge in [0.15, 0.2) is 0 Å². The van der Waals surface area contributed by atoms with Crippen LogP contribution in [0.25, 0.3) is 10.8 Å². The Labute approximate surface area is 123 Å². The third-order valence-corrected chi connectivity index (χ3v) is 3.88. The Bertz CT molecular complexity index is 693. The first-order chi connectivity index (χ1) is 10.1. The number of rotatable bonds is 2. The van der Waals surface area contributed by atoms with E-state index < -0.39 is 0 Å². The van der Waals surface area contributed by atoms with Gasteiger partial charge in [-0.15, -0.1) is 0 Å². The number of aromatic nitrogens is 1. The predicted molar refractivity (Wildman–Crippen MR) is 79.9 cm³/mol. The highest BCUT2D eigenvalue weighted by Crippen LogP contribution is 2.17. The smallest absolute Gasteiger partial charge is 0.270 e. The standard InChI is InChI=1S/C16H17N3O2/c1-19-9-7-12(10-14(19)20)18-16(21)15-13-5-3-2-4-11(13)6-8-17-15/h2-6,8,12H,7,9-10H2,1H3,(H,18,21). The minimum Gasteiger partial charge on any atom is -0.347 e. The van der Waals surface area contributed by atoms with E-state index in [4.69, 9.17) is 0 Å². The molecule has 2 amide bonds. The van der Waals surface area contributed by atoms with Gasteiger partial charge in [-0.05, 0) is 17.9 Å². The van der Waals surface area contributed by atoms with Crippen molar-refractivity contribution in [1.82, 2.24) is 15.2 Å². The highest BCUT2D eigenvalue weighted by Gasteiger charge is 2.25. The van der Waals surface area contributed by atoms with E-state index in [-0.39, 0.29) is 17.9 Å². The van der Waals surface area contributed by atoms with Gasteiger partial charge in [0, 0.05) is 37.6 Å². The van der Waals surface area contributed by atoms with Crippen LogP contribution in [0.3, 0.4) is 0 Å². The molecule has 2 aromatic rings. The molecule has 5 nitrogen and oxygen atoms in total. The molecule has 0 saturated carbocycles. The number of carbonyl (C=O) groups is 2. The number of nitrogens with zero attached hydrogens (tertiary/aromatic N) is 2. The molecule has 108 valence electrons. The summed E-state index contributed by atoms with van der Waals surface area (Å²) < 4.78 is 0. The number of likely N-dealkylation sites (tertiary alicyclic amines) is 1. The average molecular weight is 283 g/mol. The Kier molecular flexibility index (Phi) is 3.56. The minimum absolute atomic E-state index is 0.0671. The number of pyridine rings is 1. The van der Waals surface area contributed by atoms with Gasteiger partial charge in [-0.1, -0.05) is 24.3 Å². The highest BCUT2D eigenvalue weighted by atomic mass is 16.2. The number of benzene rings is 1. The number of hydrogen-bond donors (Lipinski definition) is 1. The molecule has 1 aromatic carbocycles. The molecule has 5 heteroatoms. The number of amides is 2. The molecule has 0 bridgehead atoms. The summed E-state index contributed by atoms with van der Waals surface area (Å²) in [6, 6.07) is 9.43. The normalized spacial score (nSPS) is 18.8. The summed E-state index contributed by atoms with van der Waals surface area (Å²) in [5, 5.41) is 4.74. The Morgan fingerprint density at radius 3 is 2.95 bits per heavy atom. The second-order valence-corrected chi connectivity index (χ2v) is 5.36. The quantitative estimate of drug-likeness (QED) is 0.910. The van der Waals surface area contributed by atoms with Gasteiger partial charge >= 0.3 is 0 Å². The van der Waals surface area contributed by atoms with Crippen molar-refractivity contribution in [3.05, 3.63) is 42.2 Å². The predicted octanol–water partition coefficient (Wildman–Crippen LogP) is 1.59. The van der Waals surface area contributed by atoms with Crippen molar-refractivity contribution in [2.45, 2.75) is 18.9 Å². The van der Waals surface area contributed by atoms with Gasteiger partial charge in [0.1, 0.15) is 5.69 Å². The largest absolute Gasteiger partial charge is 0.347 e. The Morgan fingerprint density at radius 1 is 1.33 bits per heavy atom. The van der Waals surface area contributed by atoms with E-state index in [9.17, 15) is 9.59 Å². The fourth-order valence-corrected chi connectivity index (χ4v) is 2.62. The lowest BCUT2D eigenvalue weighted by Gasteiger charge is -2.29. The zero-order valence-electron chi connectivity index (χ0n) is 11.9. The topological polar surface area (TPSA) is 62.3 Å². The van der Waals surface area contributed by atoms with E-state index in [1.165, 1.54) is 0 Å². The van der Waals surface area contributed by atoms with E-state index in [1.54, 1.807) is 18.1 Å². The lowest BCUT2D eigenvalue weighted by molar-refractivity contribution is -0.132. The maximum atomic E-state index is 12.4. The molecule has 1 fully saturated rings. The van der Waals surface area contributed by atoms with Crippen molar-refractivity contribution >= 4 is 22.6 Å². The van der Waals surface area contributed by atoms with Crippen LogP contribution in [-0.2, 0) is 4.79 Å². The summed E-state index contributed by atoms with van der Waals surface area (Å²) >= 11 is 0. The van der Waals surface area contributed by atoms with Gasteiger partial charge in [0.05, 0.1) is 0 Å². The summed E-state index contributed by atoms with van der Waals surface area (Å²) in [5.74, 6) is -0.147. The first-order valence-corrected chi connectivity index (χ1v) is 7.04. The monoisotopic (exact) mass is 283 g/mol. The fraction of sp³-hybridized carbons (Fsp3) is 0.312. The molecule has 1 atom stereocenters. The molecule has 1 aliphatic heterocycles. The van der Waals surface area contributed by atoms with Crippen LogP contribution in [0.5, 0.6) is 0 Å². The van der Waals surface area contributed by atoms with Crippen molar-refractivity contribution in [2.75, 3.05) is 13.6 Å². The molecular weight excluding hydrogens is 266 g/mol. The van der Waals surface area contributed by atoms with Crippen molar-refractivity contribution in [3.8, 4) is 0 Å². The second kappa shape index (κ2) is 5.52. The third-order valence-electron chi connectivity index (χ3n) is 3.88. The summed E-state index contributed by atoms with van der Waals surface area (Å²) in [6.07, 6.45) is 2.77. The molecular formula is C16H17N3O2. The highest BCUT2D eigenvalue weighted by molar-refractivity contribution is 6.05. The van der Waals surface area contributed by atoms with Gasteiger partial charge in [-0.3, -0.25) is 14.6 Å². The summed E-state index contributed by atoms with van der Waals surface area (Å²) in [6.45, 7) is 0.673. The van der Waals surface area contributed by atoms with Gasteiger partial charge in [0.2, 0.25) is 5.91 Å². The number of piperidine rings is 1. The third kappa shape index (κ3) is 2.72. The molecule has 1 N–H and O–H groups in total. The fourth-order valence-electron chi connectivity index (χ4n) is 2.62. The van der Waals surface area contributed by atoms with E-state index in [2.05, 4.69) is 10.3 Å². The second-order valence-electron chi connectivity index (χ2n) is 5.36. The molecule has 2 heterocycles. The van der Waals surface area contributed by atoms with E-state index in [0.717, 1.165) is 17.2 Å². The van der Waals surface area contributed by atoms with Crippen LogP contribution in [-0.4, -0.2) is 41.3 Å². The van der Waals surface area contributed by atoms with Crippen molar-refractivity contribution in [2.24, 2.45) is 0 Å². The van der Waals surface area contributed by atoms with Crippen LogP contribution < -0.4 is 5.32 Å². The molecule has 0 radical (unpaired) electrons. The molecule has 1 unspecified atom stereocenters. The number of fused-ring (bicyclic) bond motifs is 1. The van der Waals surface area contributed by atoms with E-state index >= 15 is 0 Å².